The smallest absolute Gasteiger partial charge is 0.327 e. The molecule has 1 aromatic heterocycles. The molecule has 4 amide bonds. The molecule has 0 spiro atoms. The molecule has 24 heavy (non-hydrogen) atoms. The fourth-order valence-electron chi connectivity index (χ4n) is 3.08. The van der Waals surface area contributed by atoms with Crippen LogP contribution in [0.5, 0.6) is 0 Å². The highest BCUT2D eigenvalue weighted by molar-refractivity contribution is 6.04. The van der Waals surface area contributed by atoms with Gasteiger partial charge in [-0.2, -0.15) is 0 Å². The molecule has 2 aromatic rings. The van der Waals surface area contributed by atoms with Gasteiger partial charge in [0.05, 0.1) is 17.0 Å². The van der Waals surface area contributed by atoms with E-state index < -0.39 is 6.03 Å². The third kappa shape index (κ3) is 2.31. The number of nitrogens with one attached hydrogen (secondary N) is 1. The van der Waals surface area contributed by atoms with E-state index in [2.05, 4.69) is 9.97 Å². The molecule has 0 saturated carbocycles. The molecule has 2 fully saturated rings. The maximum Gasteiger partial charge on any atom is 0.327 e. The summed E-state index contributed by atoms with van der Waals surface area (Å²) in [5, 5.41) is 0. The van der Waals surface area contributed by atoms with Crippen molar-refractivity contribution in [1.82, 2.24) is 24.7 Å². The molecular formula is C16H17N5O3. The van der Waals surface area contributed by atoms with Gasteiger partial charge in [0.25, 0.3) is 5.91 Å². The minimum absolute atomic E-state index is 0.0354. The monoisotopic (exact) mass is 327 g/mol. The number of likely N-dealkylation sites (N-methyl/N-ethyl adjacent to an activating group) is 1. The standard InChI is InChI=1S/C16H17N5O3/c1-19-8-14(23)21(16(19)24)9-13(22)20-6-10(7-20)15-17-11-4-2-3-5-12(11)18-15/h2-5,10H,6-9H2,1H3,(H,17,18). The van der Waals surface area contributed by atoms with Crippen LogP contribution in [0.3, 0.4) is 0 Å². The van der Waals surface area contributed by atoms with E-state index in [1.807, 2.05) is 24.3 Å². The number of carbonyl (C=O) groups is 3. The molecule has 2 aliphatic heterocycles. The molecule has 8 nitrogen and oxygen atoms in total. The molecule has 0 aliphatic carbocycles. The van der Waals surface area contributed by atoms with Crippen LogP contribution in [0, 0.1) is 0 Å². The van der Waals surface area contributed by atoms with Crippen molar-refractivity contribution < 1.29 is 14.4 Å². The van der Waals surface area contributed by atoms with Gasteiger partial charge in [0.2, 0.25) is 5.91 Å². The van der Waals surface area contributed by atoms with Crippen LogP contribution < -0.4 is 0 Å². The van der Waals surface area contributed by atoms with Gasteiger partial charge in [0, 0.05) is 20.1 Å². The number of benzene rings is 1. The quantitative estimate of drug-likeness (QED) is 0.826. The van der Waals surface area contributed by atoms with Gasteiger partial charge in [-0.1, -0.05) is 12.1 Å². The average Bonchev–Trinajstić information content (AvgIpc) is 3.02. The van der Waals surface area contributed by atoms with Crippen molar-refractivity contribution in [3.8, 4) is 0 Å². The Bertz CT molecular complexity index is 806. The zero-order valence-corrected chi connectivity index (χ0v) is 13.2. The summed E-state index contributed by atoms with van der Waals surface area (Å²) in [7, 11) is 1.55. The summed E-state index contributed by atoms with van der Waals surface area (Å²) in [5.41, 5.74) is 1.89. The van der Waals surface area contributed by atoms with Gasteiger partial charge < -0.3 is 14.8 Å². The second-order valence-corrected chi connectivity index (χ2v) is 6.25. The second-order valence-electron chi connectivity index (χ2n) is 6.25. The maximum atomic E-state index is 12.3. The lowest BCUT2D eigenvalue weighted by Crippen LogP contribution is -2.52. The fourth-order valence-corrected chi connectivity index (χ4v) is 3.08. The summed E-state index contributed by atoms with van der Waals surface area (Å²) in [6.45, 7) is 0.942. The Balaban J connectivity index is 1.37. The molecule has 1 N–H and O–H groups in total. The number of fused-ring (bicyclic) bond motifs is 1. The highest BCUT2D eigenvalue weighted by Crippen LogP contribution is 2.27. The number of rotatable bonds is 3. The minimum atomic E-state index is -0.414. The first kappa shape index (κ1) is 14.7. The largest absolute Gasteiger partial charge is 0.342 e. The van der Waals surface area contributed by atoms with E-state index in [1.54, 1.807) is 11.9 Å². The normalized spacial score (nSPS) is 18.6. The van der Waals surface area contributed by atoms with Crippen molar-refractivity contribution in [3.05, 3.63) is 30.1 Å². The third-order valence-corrected chi connectivity index (χ3v) is 4.55. The topological polar surface area (TPSA) is 89.6 Å². The molecule has 124 valence electrons. The third-order valence-electron chi connectivity index (χ3n) is 4.55. The summed E-state index contributed by atoms with van der Waals surface area (Å²) < 4.78 is 0. The Morgan fingerprint density at radius 1 is 1.29 bits per heavy atom. The van der Waals surface area contributed by atoms with E-state index >= 15 is 0 Å². The summed E-state index contributed by atoms with van der Waals surface area (Å²) in [5.74, 6) is 0.492. The molecule has 8 heteroatoms. The highest BCUT2D eigenvalue weighted by atomic mass is 16.2. The van der Waals surface area contributed by atoms with E-state index in [-0.39, 0.29) is 30.8 Å². The van der Waals surface area contributed by atoms with Crippen LogP contribution in [-0.2, 0) is 9.59 Å². The van der Waals surface area contributed by atoms with Crippen molar-refractivity contribution in [2.75, 3.05) is 33.2 Å². The summed E-state index contributed by atoms with van der Waals surface area (Å²) in [4.78, 5) is 47.6. The Kier molecular flexibility index (Phi) is 3.26. The first-order chi connectivity index (χ1) is 11.5. The van der Waals surface area contributed by atoms with E-state index in [0.29, 0.717) is 13.1 Å². The Morgan fingerprint density at radius 2 is 2.04 bits per heavy atom. The summed E-state index contributed by atoms with van der Waals surface area (Å²) in [6, 6.07) is 7.38. The van der Waals surface area contributed by atoms with Gasteiger partial charge in [0.1, 0.15) is 18.9 Å². The number of urea groups is 1. The van der Waals surface area contributed by atoms with Crippen LogP contribution in [0.1, 0.15) is 11.7 Å². The van der Waals surface area contributed by atoms with Gasteiger partial charge in [-0.05, 0) is 12.1 Å². The summed E-state index contributed by atoms with van der Waals surface area (Å²) >= 11 is 0. The van der Waals surface area contributed by atoms with Crippen LogP contribution in [0.4, 0.5) is 4.79 Å². The van der Waals surface area contributed by atoms with Crippen molar-refractivity contribution in [3.63, 3.8) is 0 Å². The van der Waals surface area contributed by atoms with Gasteiger partial charge in [0.15, 0.2) is 0 Å². The zero-order valence-electron chi connectivity index (χ0n) is 13.2. The lowest BCUT2D eigenvalue weighted by Gasteiger charge is -2.38. The number of imide groups is 1. The lowest BCUT2D eigenvalue weighted by molar-refractivity contribution is -0.139. The minimum Gasteiger partial charge on any atom is -0.342 e. The van der Waals surface area contributed by atoms with Crippen LogP contribution in [0.25, 0.3) is 11.0 Å². The Morgan fingerprint density at radius 3 is 2.71 bits per heavy atom. The van der Waals surface area contributed by atoms with Gasteiger partial charge in [-0.3, -0.25) is 14.5 Å². The molecule has 0 unspecified atom stereocenters. The number of imidazole rings is 1. The van der Waals surface area contributed by atoms with Crippen molar-refractivity contribution in [2.45, 2.75) is 5.92 Å². The van der Waals surface area contributed by atoms with Crippen LogP contribution >= 0.6 is 0 Å². The van der Waals surface area contributed by atoms with Crippen molar-refractivity contribution in [2.24, 2.45) is 0 Å². The van der Waals surface area contributed by atoms with E-state index in [9.17, 15) is 14.4 Å². The second kappa shape index (κ2) is 5.33. The number of hydrogen-bond donors (Lipinski definition) is 1. The van der Waals surface area contributed by atoms with Gasteiger partial charge in [-0.15, -0.1) is 0 Å². The van der Waals surface area contributed by atoms with Crippen molar-refractivity contribution in [1.29, 1.82) is 0 Å². The lowest BCUT2D eigenvalue weighted by atomic mass is 9.99. The van der Waals surface area contributed by atoms with E-state index in [0.717, 1.165) is 21.8 Å². The zero-order chi connectivity index (χ0) is 16.8. The number of amides is 4. The molecule has 4 rings (SSSR count). The van der Waals surface area contributed by atoms with Crippen LogP contribution in [0.15, 0.2) is 24.3 Å². The molecule has 2 aliphatic rings. The van der Waals surface area contributed by atoms with Gasteiger partial charge in [-0.25, -0.2) is 9.78 Å². The predicted molar refractivity (Wildman–Crippen MR) is 85.2 cm³/mol. The first-order valence-corrected chi connectivity index (χ1v) is 7.81. The number of aromatic amines is 1. The maximum absolute atomic E-state index is 12.3. The molecule has 3 heterocycles. The number of para-hydroxylation sites is 2. The number of H-pyrrole nitrogens is 1. The van der Waals surface area contributed by atoms with Gasteiger partial charge >= 0.3 is 6.03 Å². The Hall–Kier alpha value is -2.90. The molecule has 0 bridgehead atoms. The first-order valence-electron chi connectivity index (χ1n) is 7.81. The van der Waals surface area contributed by atoms with E-state index in [4.69, 9.17) is 0 Å². The number of nitrogens with zero attached hydrogens (tertiary/aromatic N) is 4. The number of carbonyl (C=O) groups excluding carboxylic acids is 3. The average molecular weight is 327 g/mol. The molecule has 2 saturated heterocycles. The predicted octanol–water partition coefficient (Wildman–Crippen LogP) is 0.383. The number of likely N-dealkylation sites (tertiary alicyclic amines) is 1. The highest BCUT2D eigenvalue weighted by Gasteiger charge is 2.39. The fraction of sp³-hybridized carbons (Fsp3) is 0.375. The molecule has 0 radical (unpaired) electrons. The van der Waals surface area contributed by atoms with Crippen molar-refractivity contribution >= 4 is 28.9 Å². The molecule has 1 aromatic carbocycles. The molecular weight excluding hydrogens is 310 g/mol. The van der Waals surface area contributed by atoms with E-state index in [1.165, 1.54) is 4.90 Å². The summed E-state index contributed by atoms with van der Waals surface area (Å²) in [6.07, 6.45) is 0. The Labute approximate surface area is 138 Å². The number of aromatic nitrogens is 2. The van der Waals surface area contributed by atoms with Crippen LogP contribution in [-0.4, -0.2) is 75.7 Å². The molecule has 0 atom stereocenters. The van der Waals surface area contributed by atoms with Crippen LogP contribution in [0.2, 0.25) is 0 Å². The number of hydrogen-bond acceptors (Lipinski definition) is 4. The SMILES string of the molecule is CN1CC(=O)N(CC(=O)N2CC(c3nc4ccccc4[nH]3)C2)C1=O.